The minimum Gasteiger partial charge on any atom is -0.289 e. The minimum absolute atomic E-state index is 0.118. The second kappa shape index (κ2) is 5.94. The summed E-state index contributed by atoms with van der Waals surface area (Å²) in [5.74, 6) is 0.994. The molecule has 0 saturated heterocycles. The molecule has 0 fully saturated rings. The van der Waals surface area contributed by atoms with Gasteiger partial charge in [-0.3, -0.25) is 4.79 Å². The van der Waals surface area contributed by atoms with Crippen molar-refractivity contribution < 1.29 is 0 Å². The van der Waals surface area contributed by atoms with Crippen LogP contribution in [-0.4, -0.2) is 10.7 Å². The van der Waals surface area contributed by atoms with Gasteiger partial charge in [0.25, 0.3) is 0 Å². The minimum atomic E-state index is 0.118. The topological polar surface area (TPSA) is 30.0 Å². The van der Waals surface area contributed by atoms with E-state index in [0.29, 0.717) is 0 Å². The Labute approximate surface area is 126 Å². The summed E-state index contributed by atoms with van der Waals surface area (Å²) >= 11 is 3.27. The van der Waals surface area contributed by atoms with E-state index in [0.717, 1.165) is 44.3 Å². The van der Waals surface area contributed by atoms with Gasteiger partial charge >= 0.3 is 0 Å². The molecule has 2 aliphatic rings. The summed E-state index contributed by atoms with van der Waals surface area (Å²) in [6.07, 6.45) is 2.29. The molecule has 0 amide bonds. The smallest absolute Gasteiger partial charge is 0.193 e. The summed E-state index contributed by atoms with van der Waals surface area (Å²) in [6, 6.07) is 11.7. The molecular formula is C16H15NOS2. The molecule has 4 heteroatoms. The number of hydrogen-bond donors (Lipinski definition) is 0. The van der Waals surface area contributed by atoms with E-state index in [1.807, 2.05) is 30.3 Å². The van der Waals surface area contributed by atoms with Crippen molar-refractivity contribution in [2.45, 2.75) is 24.7 Å². The standard InChI is InChI=1S/C16H15NOS2/c1-2-3-8-19-16-9-12-15(10-13(16)18)20-14-7-5-4-6-11(14)17-12/h4-7,9-10H,2-3,8H2,1H3. The Kier molecular flexibility index (Phi) is 4.03. The normalized spacial score (nSPS) is 11.2. The van der Waals surface area contributed by atoms with Crippen molar-refractivity contribution in [3.05, 3.63) is 46.6 Å². The largest absolute Gasteiger partial charge is 0.289 e. The molecule has 0 N–H and O–H groups in total. The lowest BCUT2D eigenvalue weighted by atomic mass is 10.2. The van der Waals surface area contributed by atoms with Crippen LogP contribution in [0.15, 0.2) is 46.1 Å². The number of thioether (sulfide) groups is 1. The number of aromatic nitrogens is 1. The van der Waals surface area contributed by atoms with Gasteiger partial charge in [0, 0.05) is 6.07 Å². The number of fused-ring (bicyclic) bond motifs is 2. The first-order valence-corrected chi connectivity index (χ1v) is 8.54. The van der Waals surface area contributed by atoms with Crippen molar-refractivity contribution in [3.8, 4) is 10.6 Å². The van der Waals surface area contributed by atoms with Crippen LogP contribution in [0.1, 0.15) is 19.8 Å². The molecule has 1 heterocycles. The second-order valence-corrected chi connectivity index (χ2v) is 6.87. The Balaban J connectivity index is 2.07. The van der Waals surface area contributed by atoms with E-state index in [-0.39, 0.29) is 5.43 Å². The van der Waals surface area contributed by atoms with Crippen LogP contribution in [0, 0.1) is 0 Å². The monoisotopic (exact) mass is 301 g/mol. The summed E-state index contributed by atoms with van der Waals surface area (Å²) in [5.41, 5.74) is 2.03. The lowest BCUT2D eigenvalue weighted by Crippen LogP contribution is -2.04. The predicted molar refractivity (Wildman–Crippen MR) is 88.1 cm³/mol. The predicted octanol–water partition coefficient (Wildman–Crippen LogP) is 4.65. The molecule has 3 rings (SSSR count). The molecule has 1 aliphatic carbocycles. The molecule has 0 spiro atoms. The maximum atomic E-state index is 12.1. The van der Waals surface area contributed by atoms with Gasteiger partial charge in [0.15, 0.2) is 5.43 Å². The maximum Gasteiger partial charge on any atom is 0.193 e. The van der Waals surface area contributed by atoms with Gasteiger partial charge in [0.05, 0.1) is 25.7 Å². The third kappa shape index (κ3) is 2.72. The molecule has 20 heavy (non-hydrogen) atoms. The summed E-state index contributed by atoms with van der Waals surface area (Å²) in [7, 11) is 0. The van der Waals surface area contributed by atoms with Gasteiger partial charge in [-0.25, -0.2) is 4.98 Å². The van der Waals surface area contributed by atoms with Crippen molar-refractivity contribution in [1.82, 2.24) is 4.98 Å². The Hall–Kier alpha value is -1.39. The van der Waals surface area contributed by atoms with Gasteiger partial charge in [-0.1, -0.05) is 25.5 Å². The summed E-state index contributed by atoms with van der Waals surface area (Å²) in [4.78, 5) is 18.6. The van der Waals surface area contributed by atoms with Gasteiger partial charge in [0.2, 0.25) is 0 Å². The highest BCUT2D eigenvalue weighted by atomic mass is 32.2. The van der Waals surface area contributed by atoms with E-state index in [2.05, 4.69) is 11.9 Å². The summed E-state index contributed by atoms with van der Waals surface area (Å²) in [5, 5.41) is 0. The third-order valence-corrected chi connectivity index (χ3v) is 5.34. The maximum absolute atomic E-state index is 12.1. The molecule has 1 aliphatic heterocycles. The lowest BCUT2D eigenvalue weighted by Gasteiger charge is -2.07. The number of nitrogens with zero attached hydrogens (tertiary/aromatic N) is 1. The second-order valence-electron chi connectivity index (χ2n) is 4.65. The van der Waals surface area contributed by atoms with Crippen LogP contribution in [-0.2, 0) is 0 Å². The van der Waals surface area contributed by atoms with Crippen molar-refractivity contribution in [1.29, 1.82) is 0 Å². The zero-order valence-corrected chi connectivity index (χ0v) is 12.9. The SMILES string of the molecule is CCCCSc1cc2nc3ccccc3sc-2cc1=O. The molecule has 0 aromatic heterocycles. The molecular weight excluding hydrogens is 286 g/mol. The molecule has 0 saturated carbocycles. The fourth-order valence-corrected chi connectivity index (χ4v) is 4.05. The number of para-hydroxylation sites is 1. The molecule has 0 unspecified atom stereocenters. The number of rotatable bonds is 4. The zero-order valence-electron chi connectivity index (χ0n) is 11.3. The van der Waals surface area contributed by atoms with Crippen molar-refractivity contribution in [2.75, 3.05) is 5.75 Å². The third-order valence-electron chi connectivity index (χ3n) is 3.11. The molecule has 0 bridgehead atoms. The fraction of sp³-hybridized carbons (Fsp3) is 0.250. The summed E-state index contributed by atoms with van der Waals surface area (Å²) < 4.78 is 1.12. The molecule has 0 radical (unpaired) electrons. The van der Waals surface area contributed by atoms with Crippen LogP contribution < -0.4 is 5.43 Å². The van der Waals surface area contributed by atoms with Crippen LogP contribution >= 0.6 is 23.1 Å². The first-order chi connectivity index (χ1) is 9.78. The molecule has 102 valence electrons. The van der Waals surface area contributed by atoms with Crippen LogP contribution in [0.4, 0.5) is 0 Å². The van der Waals surface area contributed by atoms with E-state index >= 15 is 0 Å². The molecule has 2 nitrogen and oxygen atoms in total. The highest BCUT2D eigenvalue weighted by Crippen LogP contribution is 2.31. The summed E-state index contributed by atoms with van der Waals surface area (Å²) in [6.45, 7) is 2.16. The Morgan fingerprint density at radius 1 is 1.25 bits per heavy atom. The van der Waals surface area contributed by atoms with E-state index in [9.17, 15) is 4.79 Å². The van der Waals surface area contributed by atoms with E-state index in [1.54, 1.807) is 29.2 Å². The Morgan fingerprint density at radius 3 is 2.95 bits per heavy atom. The zero-order chi connectivity index (χ0) is 13.9. The van der Waals surface area contributed by atoms with Crippen LogP contribution in [0.3, 0.4) is 0 Å². The van der Waals surface area contributed by atoms with Gasteiger partial charge in [-0.2, -0.15) is 0 Å². The number of benzene rings is 2. The van der Waals surface area contributed by atoms with Crippen molar-refractivity contribution in [3.63, 3.8) is 0 Å². The lowest BCUT2D eigenvalue weighted by molar-refractivity contribution is 0.896. The molecule has 1 aromatic rings. The van der Waals surface area contributed by atoms with Gasteiger partial charge in [-0.05, 0) is 30.4 Å². The van der Waals surface area contributed by atoms with Gasteiger partial charge in [-0.15, -0.1) is 23.1 Å². The van der Waals surface area contributed by atoms with Gasteiger partial charge in [0.1, 0.15) is 0 Å². The Bertz CT molecular complexity index is 766. The van der Waals surface area contributed by atoms with E-state index in [1.165, 1.54) is 0 Å². The van der Waals surface area contributed by atoms with Crippen LogP contribution in [0.5, 0.6) is 0 Å². The van der Waals surface area contributed by atoms with Crippen molar-refractivity contribution >= 4 is 33.3 Å². The Morgan fingerprint density at radius 2 is 2.10 bits per heavy atom. The molecule has 0 atom stereocenters. The average molecular weight is 301 g/mol. The van der Waals surface area contributed by atoms with Crippen molar-refractivity contribution in [2.24, 2.45) is 0 Å². The first-order valence-electron chi connectivity index (χ1n) is 6.74. The highest BCUT2D eigenvalue weighted by Gasteiger charge is 2.11. The average Bonchev–Trinajstić information content (AvgIpc) is 2.46. The first kappa shape index (κ1) is 13.6. The fourth-order valence-electron chi connectivity index (χ4n) is 2.02. The van der Waals surface area contributed by atoms with Crippen LogP contribution in [0.2, 0.25) is 0 Å². The van der Waals surface area contributed by atoms with Gasteiger partial charge < -0.3 is 0 Å². The number of hydrogen-bond acceptors (Lipinski definition) is 4. The van der Waals surface area contributed by atoms with E-state index in [4.69, 9.17) is 0 Å². The van der Waals surface area contributed by atoms with Crippen LogP contribution in [0.25, 0.3) is 20.8 Å². The quantitative estimate of drug-likeness (QED) is 0.399. The number of unbranched alkanes of at least 4 members (excludes halogenated alkanes) is 1. The van der Waals surface area contributed by atoms with E-state index < -0.39 is 0 Å². The molecule has 1 aromatic carbocycles. The highest BCUT2D eigenvalue weighted by molar-refractivity contribution is 7.99.